The standard InChI is InChI=1S/C11H9NO2S/c1-8(13)14-11-10(15-7-12-11)9-5-3-2-4-6-9/h2-7H,1H3. The number of ether oxygens (including phenoxy) is 1. The van der Waals surface area contributed by atoms with Crippen LogP contribution in [0.25, 0.3) is 10.4 Å². The van der Waals surface area contributed by atoms with Gasteiger partial charge in [-0.25, -0.2) is 4.98 Å². The lowest BCUT2D eigenvalue weighted by molar-refractivity contribution is -0.132. The minimum atomic E-state index is -0.349. The minimum absolute atomic E-state index is 0.349. The molecule has 0 radical (unpaired) electrons. The SMILES string of the molecule is CC(=O)Oc1ncsc1-c1ccccc1. The molecule has 0 spiro atoms. The first-order valence-electron chi connectivity index (χ1n) is 4.44. The molecule has 0 bridgehead atoms. The van der Waals surface area contributed by atoms with Crippen LogP contribution in [0.2, 0.25) is 0 Å². The largest absolute Gasteiger partial charge is 0.406 e. The van der Waals surface area contributed by atoms with Crippen molar-refractivity contribution in [1.82, 2.24) is 4.98 Å². The van der Waals surface area contributed by atoms with E-state index in [1.807, 2.05) is 30.3 Å². The Morgan fingerprint density at radius 2 is 2.07 bits per heavy atom. The van der Waals surface area contributed by atoms with Gasteiger partial charge in [-0.15, -0.1) is 11.3 Å². The zero-order valence-corrected chi connectivity index (χ0v) is 8.95. The third-order valence-electron chi connectivity index (χ3n) is 1.81. The van der Waals surface area contributed by atoms with Crippen LogP contribution in [-0.2, 0) is 4.79 Å². The molecular weight excluding hydrogens is 210 g/mol. The molecule has 0 aliphatic carbocycles. The summed E-state index contributed by atoms with van der Waals surface area (Å²) >= 11 is 1.46. The van der Waals surface area contributed by atoms with Crippen molar-refractivity contribution in [2.45, 2.75) is 6.92 Å². The van der Waals surface area contributed by atoms with Gasteiger partial charge >= 0.3 is 5.97 Å². The normalized spacial score (nSPS) is 9.93. The predicted octanol–water partition coefficient (Wildman–Crippen LogP) is 2.74. The maximum Gasteiger partial charge on any atom is 0.309 e. The number of rotatable bonds is 2. The number of thiazole rings is 1. The number of hydrogen-bond acceptors (Lipinski definition) is 4. The number of carbonyl (C=O) groups excluding carboxylic acids is 1. The van der Waals surface area contributed by atoms with Gasteiger partial charge in [-0.05, 0) is 5.56 Å². The molecule has 0 N–H and O–H groups in total. The van der Waals surface area contributed by atoms with Crippen LogP contribution in [0.5, 0.6) is 5.88 Å². The summed E-state index contributed by atoms with van der Waals surface area (Å²) in [5.41, 5.74) is 2.68. The molecule has 1 aromatic heterocycles. The summed E-state index contributed by atoms with van der Waals surface area (Å²) in [7, 11) is 0. The second-order valence-electron chi connectivity index (χ2n) is 2.95. The fraction of sp³-hybridized carbons (Fsp3) is 0.0909. The van der Waals surface area contributed by atoms with Gasteiger partial charge < -0.3 is 4.74 Å². The van der Waals surface area contributed by atoms with Gasteiger partial charge in [-0.1, -0.05) is 30.3 Å². The molecule has 0 saturated carbocycles. The highest BCUT2D eigenvalue weighted by molar-refractivity contribution is 7.13. The fourth-order valence-corrected chi connectivity index (χ4v) is 1.95. The van der Waals surface area contributed by atoms with E-state index >= 15 is 0 Å². The van der Waals surface area contributed by atoms with Crippen LogP contribution >= 0.6 is 11.3 Å². The van der Waals surface area contributed by atoms with E-state index in [0.29, 0.717) is 5.88 Å². The topological polar surface area (TPSA) is 39.2 Å². The van der Waals surface area contributed by atoms with Gasteiger partial charge in [0.2, 0.25) is 5.88 Å². The molecule has 0 unspecified atom stereocenters. The summed E-state index contributed by atoms with van der Waals surface area (Å²) in [6.07, 6.45) is 0. The Balaban J connectivity index is 2.37. The summed E-state index contributed by atoms with van der Waals surface area (Å²) in [4.78, 5) is 15.7. The summed E-state index contributed by atoms with van der Waals surface area (Å²) in [6.45, 7) is 1.37. The third kappa shape index (κ3) is 2.22. The molecule has 0 aliphatic rings. The molecule has 1 heterocycles. The van der Waals surface area contributed by atoms with Crippen LogP contribution in [0.15, 0.2) is 35.8 Å². The Bertz CT molecular complexity index is 464. The van der Waals surface area contributed by atoms with E-state index in [-0.39, 0.29) is 5.97 Å². The highest BCUT2D eigenvalue weighted by atomic mass is 32.1. The van der Waals surface area contributed by atoms with Crippen LogP contribution in [0.3, 0.4) is 0 Å². The molecule has 4 heteroatoms. The quantitative estimate of drug-likeness (QED) is 0.729. The van der Waals surface area contributed by atoms with Crippen LogP contribution < -0.4 is 4.74 Å². The Hall–Kier alpha value is -1.68. The van der Waals surface area contributed by atoms with Crippen molar-refractivity contribution >= 4 is 17.3 Å². The molecule has 0 amide bonds. The first-order valence-corrected chi connectivity index (χ1v) is 5.32. The zero-order valence-electron chi connectivity index (χ0n) is 8.14. The van der Waals surface area contributed by atoms with Crippen LogP contribution in [0, 0.1) is 0 Å². The van der Waals surface area contributed by atoms with Gasteiger partial charge in [0, 0.05) is 6.92 Å². The van der Waals surface area contributed by atoms with Crippen molar-refractivity contribution in [1.29, 1.82) is 0 Å². The van der Waals surface area contributed by atoms with Gasteiger partial charge in [-0.3, -0.25) is 4.79 Å². The first kappa shape index (κ1) is 9.86. The molecule has 3 nitrogen and oxygen atoms in total. The number of benzene rings is 1. The van der Waals surface area contributed by atoms with Crippen LogP contribution in [0.4, 0.5) is 0 Å². The Kier molecular flexibility index (Phi) is 2.78. The minimum Gasteiger partial charge on any atom is -0.406 e. The maximum atomic E-state index is 10.8. The molecule has 0 aliphatic heterocycles. The molecule has 0 fully saturated rings. The summed E-state index contributed by atoms with van der Waals surface area (Å²) in [6, 6.07) is 9.73. The molecule has 76 valence electrons. The Morgan fingerprint density at radius 1 is 1.33 bits per heavy atom. The van der Waals surface area contributed by atoms with Gasteiger partial charge in [0.25, 0.3) is 0 Å². The Labute approximate surface area is 91.4 Å². The van der Waals surface area contributed by atoms with E-state index in [9.17, 15) is 4.79 Å². The number of aromatic nitrogens is 1. The van der Waals surface area contributed by atoms with E-state index in [1.165, 1.54) is 18.3 Å². The van der Waals surface area contributed by atoms with E-state index < -0.39 is 0 Å². The highest BCUT2D eigenvalue weighted by Crippen LogP contribution is 2.32. The van der Waals surface area contributed by atoms with Gasteiger partial charge in [0.15, 0.2) is 0 Å². The monoisotopic (exact) mass is 219 g/mol. The zero-order chi connectivity index (χ0) is 10.7. The van der Waals surface area contributed by atoms with Gasteiger partial charge in [0.05, 0.1) is 10.4 Å². The third-order valence-corrected chi connectivity index (χ3v) is 2.67. The highest BCUT2D eigenvalue weighted by Gasteiger charge is 2.10. The van der Waals surface area contributed by atoms with E-state index in [2.05, 4.69) is 4.98 Å². The number of hydrogen-bond donors (Lipinski definition) is 0. The molecule has 2 aromatic rings. The molecule has 0 atom stereocenters. The molecular formula is C11H9NO2S. The molecule has 2 rings (SSSR count). The lowest BCUT2D eigenvalue weighted by Gasteiger charge is -2.00. The molecule has 0 saturated heterocycles. The lowest BCUT2D eigenvalue weighted by Crippen LogP contribution is -2.02. The van der Waals surface area contributed by atoms with Crippen molar-refractivity contribution in [3.63, 3.8) is 0 Å². The smallest absolute Gasteiger partial charge is 0.309 e. The van der Waals surface area contributed by atoms with Crippen molar-refractivity contribution in [2.24, 2.45) is 0 Å². The van der Waals surface area contributed by atoms with E-state index in [0.717, 1.165) is 10.4 Å². The molecule has 15 heavy (non-hydrogen) atoms. The van der Waals surface area contributed by atoms with Gasteiger partial charge in [-0.2, -0.15) is 0 Å². The average Bonchev–Trinajstić information content (AvgIpc) is 2.66. The predicted molar refractivity (Wildman–Crippen MR) is 58.9 cm³/mol. The number of nitrogens with zero attached hydrogens (tertiary/aromatic N) is 1. The summed E-state index contributed by atoms with van der Waals surface area (Å²) < 4.78 is 5.00. The van der Waals surface area contributed by atoms with Crippen molar-refractivity contribution in [3.8, 4) is 16.3 Å². The Morgan fingerprint density at radius 3 is 2.73 bits per heavy atom. The first-order chi connectivity index (χ1) is 7.27. The van der Waals surface area contributed by atoms with Crippen molar-refractivity contribution < 1.29 is 9.53 Å². The summed E-state index contributed by atoms with van der Waals surface area (Å²) in [5, 5.41) is 0. The second kappa shape index (κ2) is 4.23. The fourth-order valence-electron chi connectivity index (χ4n) is 1.23. The van der Waals surface area contributed by atoms with Gasteiger partial charge in [0.1, 0.15) is 0 Å². The maximum absolute atomic E-state index is 10.8. The van der Waals surface area contributed by atoms with Crippen molar-refractivity contribution in [3.05, 3.63) is 35.8 Å². The van der Waals surface area contributed by atoms with Crippen LogP contribution in [0.1, 0.15) is 6.92 Å². The summed E-state index contributed by atoms with van der Waals surface area (Å²) in [5.74, 6) is 0.0387. The second-order valence-corrected chi connectivity index (χ2v) is 3.80. The average molecular weight is 219 g/mol. The lowest BCUT2D eigenvalue weighted by atomic mass is 10.2. The van der Waals surface area contributed by atoms with E-state index in [1.54, 1.807) is 5.51 Å². The molecule has 1 aromatic carbocycles. The van der Waals surface area contributed by atoms with Crippen LogP contribution in [-0.4, -0.2) is 11.0 Å². The number of carbonyl (C=O) groups is 1. The number of esters is 1. The van der Waals surface area contributed by atoms with Crippen molar-refractivity contribution in [2.75, 3.05) is 0 Å². The van der Waals surface area contributed by atoms with E-state index in [4.69, 9.17) is 4.74 Å².